The molecular weight excluding hydrogens is 253 g/mol. The molecule has 0 radical (unpaired) electrons. The van der Waals surface area contributed by atoms with E-state index in [1.165, 1.54) is 6.07 Å². The van der Waals surface area contributed by atoms with Crippen molar-refractivity contribution in [1.82, 2.24) is 5.32 Å². The van der Waals surface area contributed by atoms with Gasteiger partial charge in [-0.05, 0) is 30.7 Å². The van der Waals surface area contributed by atoms with Crippen molar-refractivity contribution in [3.63, 3.8) is 0 Å². The van der Waals surface area contributed by atoms with E-state index in [2.05, 4.69) is 5.32 Å². The van der Waals surface area contributed by atoms with Crippen LogP contribution >= 0.6 is 0 Å². The molecule has 0 spiro atoms. The van der Waals surface area contributed by atoms with Crippen molar-refractivity contribution < 1.29 is 13.2 Å². The number of rotatable bonds is 5. The van der Waals surface area contributed by atoms with E-state index in [1.807, 2.05) is 13.8 Å². The lowest BCUT2D eigenvalue weighted by Gasteiger charge is -2.25. The molecule has 0 fully saturated rings. The van der Waals surface area contributed by atoms with Crippen LogP contribution in [0, 0.1) is 5.92 Å². The topological polar surface area (TPSA) is 15.3 Å². The summed E-state index contributed by atoms with van der Waals surface area (Å²) in [6.45, 7) is 4.99. The van der Waals surface area contributed by atoms with Crippen LogP contribution in [0.4, 0.5) is 18.9 Å². The summed E-state index contributed by atoms with van der Waals surface area (Å²) in [7, 11) is 3.41. The van der Waals surface area contributed by atoms with Gasteiger partial charge in [0.1, 0.15) is 0 Å². The molecular formula is C14H21F3N2. The van der Waals surface area contributed by atoms with E-state index in [1.54, 1.807) is 31.1 Å². The molecule has 0 aliphatic carbocycles. The highest BCUT2D eigenvalue weighted by Crippen LogP contribution is 2.37. The highest BCUT2D eigenvalue weighted by Gasteiger charge is 2.34. The zero-order chi connectivity index (χ0) is 14.6. The summed E-state index contributed by atoms with van der Waals surface area (Å²) in [4.78, 5) is 1.66. The monoisotopic (exact) mass is 274 g/mol. The molecule has 5 heteroatoms. The van der Waals surface area contributed by atoms with Crippen molar-refractivity contribution in [3.8, 4) is 0 Å². The van der Waals surface area contributed by atoms with Gasteiger partial charge in [-0.25, -0.2) is 0 Å². The Morgan fingerprint density at radius 1 is 1.26 bits per heavy atom. The number of benzene rings is 1. The molecule has 1 aromatic rings. The van der Waals surface area contributed by atoms with Crippen LogP contribution in [0.1, 0.15) is 25.0 Å². The van der Waals surface area contributed by atoms with Crippen LogP contribution in [-0.2, 0) is 12.7 Å². The fourth-order valence-electron chi connectivity index (χ4n) is 2.10. The molecule has 0 aromatic heterocycles. The molecule has 0 amide bonds. The number of halogens is 3. The third kappa shape index (κ3) is 4.42. The molecule has 0 saturated carbocycles. The van der Waals surface area contributed by atoms with Gasteiger partial charge in [0.05, 0.1) is 5.56 Å². The highest BCUT2D eigenvalue weighted by molar-refractivity contribution is 5.56. The van der Waals surface area contributed by atoms with Gasteiger partial charge in [0.15, 0.2) is 0 Å². The lowest BCUT2D eigenvalue weighted by Crippen LogP contribution is -2.25. The Labute approximate surface area is 112 Å². The van der Waals surface area contributed by atoms with Gasteiger partial charge in [-0.3, -0.25) is 0 Å². The minimum Gasteiger partial charge on any atom is -0.374 e. The van der Waals surface area contributed by atoms with Crippen LogP contribution in [0.2, 0.25) is 0 Å². The SMILES string of the molecule is CNCc1ccc(N(C)CC(C)C)c(C(F)(F)F)c1. The van der Waals surface area contributed by atoms with Crippen LogP contribution in [0.15, 0.2) is 18.2 Å². The summed E-state index contributed by atoms with van der Waals surface area (Å²) in [5.74, 6) is 0.308. The summed E-state index contributed by atoms with van der Waals surface area (Å²) in [5.41, 5.74) is 0.306. The maximum absolute atomic E-state index is 13.1. The molecule has 0 saturated heterocycles. The van der Waals surface area contributed by atoms with Crippen molar-refractivity contribution in [3.05, 3.63) is 29.3 Å². The van der Waals surface area contributed by atoms with E-state index < -0.39 is 11.7 Å². The first-order valence-corrected chi connectivity index (χ1v) is 6.31. The second-order valence-corrected chi connectivity index (χ2v) is 5.15. The maximum Gasteiger partial charge on any atom is 0.418 e. The van der Waals surface area contributed by atoms with Crippen molar-refractivity contribution >= 4 is 5.69 Å². The van der Waals surface area contributed by atoms with Crippen molar-refractivity contribution in [2.24, 2.45) is 5.92 Å². The molecule has 0 atom stereocenters. The predicted octanol–water partition coefficient (Wildman–Crippen LogP) is 3.52. The van der Waals surface area contributed by atoms with Gasteiger partial charge in [-0.1, -0.05) is 19.9 Å². The predicted molar refractivity (Wildman–Crippen MR) is 72.3 cm³/mol. The van der Waals surface area contributed by atoms with E-state index in [-0.39, 0.29) is 5.69 Å². The van der Waals surface area contributed by atoms with Crippen molar-refractivity contribution in [2.75, 3.05) is 25.5 Å². The lowest BCUT2D eigenvalue weighted by atomic mass is 10.1. The van der Waals surface area contributed by atoms with Gasteiger partial charge in [0, 0.05) is 25.8 Å². The first kappa shape index (κ1) is 15.8. The third-order valence-electron chi connectivity index (χ3n) is 2.80. The molecule has 1 rings (SSSR count). The van der Waals surface area contributed by atoms with Gasteiger partial charge in [0.25, 0.3) is 0 Å². The van der Waals surface area contributed by atoms with Crippen LogP contribution in [0.3, 0.4) is 0 Å². The minimum absolute atomic E-state index is 0.237. The second-order valence-electron chi connectivity index (χ2n) is 5.15. The molecule has 19 heavy (non-hydrogen) atoms. The van der Waals surface area contributed by atoms with Gasteiger partial charge in [-0.2, -0.15) is 13.2 Å². The fraction of sp³-hybridized carbons (Fsp3) is 0.571. The van der Waals surface area contributed by atoms with Gasteiger partial charge >= 0.3 is 6.18 Å². The first-order chi connectivity index (χ1) is 8.75. The minimum atomic E-state index is -4.33. The van der Waals surface area contributed by atoms with Crippen molar-refractivity contribution in [2.45, 2.75) is 26.6 Å². The van der Waals surface area contributed by atoms with E-state index >= 15 is 0 Å². The summed E-state index contributed by atoms with van der Waals surface area (Å²) in [5, 5.41) is 2.86. The van der Waals surface area contributed by atoms with E-state index in [0.717, 1.165) is 0 Å². The number of nitrogens with zero attached hydrogens (tertiary/aromatic N) is 1. The molecule has 0 unspecified atom stereocenters. The quantitative estimate of drug-likeness (QED) is 0.884. The Balaban J connectivity index is 3.16. The first-order valence-electron chi connectivity index (χ1n) is 6.31. The second kappa shape index (κ2) is 6.28. The summed E-state index contributed by atoms with van der Waals surface area (Å²) in [6, 6.07) is 4.51. The largest absolute Gasteiger partial charge is 0.418 e. The molecule has 1 N–H and O–H groups in total. The standard InChI is InChI=1S/C14H21F3N2/c1-10(2)9-19(4)13-6-5-11(8-18-3)7-12(13)14(15,16)17/h5-7,10,18H,8-9H2,1-4H3. The molecule has 1 aromatic carbocycles. The summed E-state index contributed by atoms with van der Waals surface area (Å²) >= 11 is 0. The zero-order valence-electron chi connectivity index (χ0n) is 11.8. The Hall–Kier alpha value is -1.23. The smallest absolute Gasteiger partial charge is 0.374 e. The van der Waals surface area contributed by atoms with E-state index in [0.29, 0.717) is 24.6 Å². The van der Waals surface area contributed by atoms with Gasteiger partial charge in [-0.15, -0.1) is 0 Å². The molecule has 108 valence electrons. The fourth-order valence-corrected chi connectivity index (χ4v) is 2.10. The van der Waals surface area contributed by atoms with Crippen LogP contribution in [0.25, 0.3) is 0 Å². The molecule has 0 bridgehead atoms. The number of hydrogen-bond acceptors (Lipinski definition) is 2. The van der Waals surface area contributed by atoms with Crippen molar-refractivity contribution in [1.29, 1.82) is 0 Å². The average Bonchev–Trinajstić information content (AvgIpc) is 2.27. The Kier molecular flexibility index (Phi) is 5.23. The third-order valence-corrected chi connectivity index (χ3v) is 2.80. The Bertz CT molecular complexity index is 414. The number of alkyl halides is 3. The Morgan fingerprint density at radius 2 is 1.89 bits per heavy atom. The maximum atomic E-state index is 13.1. The number of anilines is 1. The zero-order valence-corrected chi connectivity index (χ0v) is 11.8. The van der Waals surface area contributed by atoms with Gasteiger partial charge < -0.3 is 10.2 Å². The van der Waals surface area contributed by atoms with Gasteiger partial charge in [0.2, 0.25) is 0 Å². The van der Waals surface area contributed by atoms with E-state index in [9.17, 15) is 13.2 Å². The highest BCUT2D eigenvalue weighted by atomic mass is 19.4. The number of nitrogens with one attached hydrogen (secondary N) is 1. The molecule has 2 nitrogen and oxygen atoms in total. The number of hydrogen-bond donors (Lipinski definition) is 1. The normalized spacial score (nSPS) is 12.0. The van der Waals surface area contributed by atoms with Crippen LogP contribution < -0.4 is 10.2 Å². The molecule has 0 aliphatic rings. The lowest BCUT2D eigenvalue weighted by molar-refractivity contribution is -0.137. The summed E-state index contributed by atoms with van der Waals surface area (Å²) in [6.07, 6.45) is -4.33. The van der Waals surface area contributed by atoms with Crippen LogP contribution in [-0.4, -0.2) is 20.6 Å². The molecule has 0 aliphatic heterocycles. The molecule has 0 heterocycles. The average molecular weight is 274 g/mol. The summed E-state index contributed by atoms with van der Waals surface area (Å²) < 4.78 is 39.4. The Morgan fingerprint density at radius 3 is 2.37 bits per heavy atom. The van der Waals surface area contributed by atoms with Crippen LogP contribution in [0.5, 0.6) is 0 Å². The van der Waals surface area contributed by atoms with E-state index in [4.69, 9.17) is 0 Å².